The summed E-state index contributed by atoms with van der Waals surface area (Å²) in [7, 11) is 0. The van der Waals surface area contributed by atoms with E-state index in [1.165, 1.54) is 6.92 Å². The Bertz CT molecular complexity index is 223. The van der Waals surface area contributed by atoms with Crippen LogP contribution in [0.2, 0.25) is 0 Å². The molecule has 0 aliphatic carbocycles. The zero-order chi connectivity index (χ0) is 11.2. The van der Waals surface area contributed by atoms with E-state index in [1.54, 1.807) is 0 Å². The van der Waals surface area contributed by atoms with Crippen LogP contribution in [0.5, 0.6) is 0 Å². The molecule has 5 nitrogen and oxygen atoms in total. The highest BCUT2D eigenvalue weighted by atomic mass is 127. The summed E-state index contributed by atoms with van der Waals surface area (Å²) >= 11 is 2.21. The minimum absolute atomic E-state index is 0.255. The number of alkyl halides is 1. The van der Waals surface area contributed by atoms with Gasteiger partial charge in [-0.25, -0.2) is 4.79 Å². The van der Waals surface area contributed by atoms with Crippen LogP contribution in [-0.4, -0.2) is 27.1 Å². The molecule has 0 radical (unpaired) electrons. The summed E-state index contributed by atoms with van der Waals surface area (Å²) in [5.74, 6) is -1.62. The van der Waals surface area contributed by atoms with Crippen molar-refractivity contribution in [1.29, 1.82) is 0 Å². The predicted molar refractivity (Wildman–Crippen MR) is 61.1 cm³/mol. The van der Waals surface area contributed by atoms with Gasteiger partial charge in [-0.05, 0) is 23.7 Å². The fourth-order valence-electron chi connectivity index (χ4n) is 1.04. The van der Waals surface area contributed by atoms with E-state index in [4.69, 9.17) is 10.8 Å². The first-order chi connectivity index (χ1) is 6.42. The summed E-state index contributed by atoms with van der Waals surface area (Å²) in [6.07, 6.45) is 1.84. The monoisotopic (exact) mass is 314 g/mol. The Morgan fingerprint density at radius 2 is 2.07 bits per heavy atom. The fourth-order valence-corrected chi connectivity index (χ4v) is 1.57. The number of halogens is 1. The van der Waals surface area contributed by atoms with Crippen molar-refractivity contribution in [2.75, 3.05) is 4.43 Å². The molecule has 0 rings (SSSR count). The van der Waals surface area contributed by atoms with Crippen molar-refractivity contribution in [2.24, 2.45) is 5.73 Å². The highest BCUT2D eigenvalue weighted by Gasteiger charge is 2.33. The zero-order valence-corrected chi connectivity index (χ0v) is 10.2. The number of hydrogen-bond acceptors (Lipinski definition) is 3. The lowest BCUT2D eigenvalue weighted by atomic mass is 10.0. The van der Waals surface area contributed by atoms with Crippen molar-refractivity contribution in [3.8, 4) is 0 Å². The van der Waals surface area contributed by atoms with Crippen LogP contribution < -0.4 is 11.1 Å². The molecule has 1 atom stereocenters. The van der Waals surface area contributed by atoms with Gasteiger partial charge in [-0.3, -0.25) is 10.5 Å². The average molecular weight is 314 g/mol. The Labute approximate surface area is 96.6 Å². The molecular weight excluding hydrogens is 299 g/mol. The second-order valence-corrected chi connectivity index (χ2v) is 4.18. The molecule has 6 heteroatoms. The number of nitrogens with two attached hydrogens (primary N) is 1. The van der Waals surface area contributed by atoms with Crippen molar-refractivity contribution in [3.05, 3.63) is 0 Å². The average Bonchev–Trinajstić information content (AvgIpc) is 2.03. The Morgan fingerprint density at radius 3 is 2.43 bits per heavy atom. The summed E-state index contributed by atoms with van der Waals surface area (Å²) in [5.41, 5.74) is 3.94. The quantitative estimate of drug-likeness (QED) is 0.287. The van der Waals surface area contributed by atoms with Crippen LogP contribution in [0.25, 0.3) is 0 Å². The highest BCUT2D eigenvalue weighted by Crippen LogP contribution is 2.09. The van der Waals surface area contributed by atoms with Crippen LogP contribution in [0.4, 0.5) is 0 Å². The number of rotatable bonds is 6. The van der Waals surface area contributed by atoms with E-state index in [1.807, 2.05) is 0 Å². The lowest BCUT2D eigenvalue weighted by Gasteiger charge is -2.25. The van der Waals surface area contributed by atoms with Crippen molar-refractivity contribution in [3.63, 3.8) is 0 Å². The van der Waals surface area contributed by atoms with Gasteiger partial charge in [0.1, 0.15) is 0 Å². The molecule has 0 unspecified atom stereocenters. The van der Waals surface area contributed by atoms with Gasteiger partial charge < -0.3 is 10.4 Å². The Balaban J connectivity index is 4.24. The Morgan fingerprint density at radius 1 is 1.50 bits per heavy atom. The lowest BCUT2D eigenvalue weighted by molar-refractivity contribution is -0.147. The molecule has 0 aromatic carbocycles. The number of carboxylic acids is 1. The second-order valence-electron chi connectivity index (χ2n) is 3.10. The van der Waals surface area contributed by atoms with E-state index in [0.29, 0.717) is 6.42 Å². The van der Waals surface area contributed by atoms with Crippen LogP contribution in [-0.2, 0) is 9.59 Å². The molecule has 14 heavy (non-hydrogen) atoms. The first-order valence-corrected chi connectivity index (χ1v) is 5.82. The third-order valence-electron chi connectivity index (χ3n) is 1.74. The van der Waals surface area contributed by atoms with Crippen LogP contribution >= 0.6 is 22.6 Å². The molecule has 0 bridgehead atoms. The molecule has 0 aliphatic rings. The van der Waals surface area contributed by atoms with Gasteiger partial charge in [-0.2, -0.15) is 0 Å². The Kier molecular flexibility index (Phi) is 6.01. The molecule has 0 spiro atoms. The summed E-state index contributed by atoms with van der Waals surface area (Å²) in [5, 5.41) is 11.1. The minimum atomic E-state index is -1.61. The summed E-state index contributed by atoms with van der Waals surface area (Å²) in [6, 6.07) is 0. The van der Waals surface area contributed by atoms with Gasteiger partial charge >= 0.3 is 5.97 Å². The van der Waals surface area contributed by atoms with Crippen molar-refractivity contribution in [2.45, 2.75) is 31.8 Å². The normalized spacial score (nSPS) is 14.5. The molecule has 4 N–H and O–H groups in total. The SMILES string of the molecule is CC(=O)N[C@@](N)(CCCCI)C(=O)O. The number of nitrogens with one attached hydrogen (secondary N) is 1. The van der Waals surface area contributed by atoms with E-state index in [-0.39, 0.29) is 6.42 Å². The van der Waals surface area contributed by atoms with Crippen molar-refractivity contribution < 1.29 is 14.7 Å². The molecule has 0 saturated carbocycles. The van der Waals surface area contributed by atoms with Gasteiger partial charge in [0.2, 0.25) is 5.91 Å². The molecule has 0 aromatic rings. The molecule has 1 amide bonds. The standard InChI is InChI=1S/C8H15IN2O3/c1-6(12)11-8(10,7(13)14)4-2-3-5-9/h2-5,10H2,1H3,(H,11,12)(H,13,14)/t8-/m0/s1. The third kappa shape index (κ3) is 4.75. The van der Waals surface area contributed by atoms with Gasteiger partial charge in [-0.15, -0.1) is 0 Å². The number of hydrogen-bond donors (Lipinski definition) is 3. The molecule has 0 heterocycles. The smallest absolute Gasteiger partial charge is 0.344 e. The van der Waals surface area contributed by atoms with Crippen LogP contribution in [0.3, 0.4) is 0 Å². The van der Waals surface area contributed by atoms with Gasteiger partial charge in [0.15, 0.2) is 5.66 Å². The lowest BCUT2D eigenvalue weighted by Crippen LogP contribution is -2.61. The van der Waals surface area contributed by atoms with E-state index in [0.717, 1.165) is 10.8 Å². The summed E-state index contributed by atoms with van der Waals surface area (Å²) in [4.78, 5) is 21.5. The number of carbonyl (C=O) groups is 2. The fraction of sp³-hybridized carbons (Fsp3) is 0.750. The molecule has 82 valence electrons. The van der Waals surface area contributed by atoms with Gasteiger partial charge in [0.05, 0.1) is 0 Å². The van der Waals surface area contributed by atoms with Crippen LogP contribution in [0, 0.1) is 0 Å². The van der Waals surface area contributed by atoms with Gasteiger partial charge in [0, 0.05) is 6.92 Å². The third-order valence-corrected chi connectivity index (χ3v) is 2.50. The first-order valence-electron chi connectivity index (χ1n) is 4.29. The second kappa shape index (κ2) is 6.18. The number of unbranched alkanes of at least 4 members (excludes halogenated alkanes) is 1. The number of carbonyl (C=O) groups excluding carboxylic acids is 1. The van der Waals surface area contributed by atoms with Crippen molar-refractivity contribution in [1.82, 2.24) is 5.32 Å². The van der Waals surface area contributed by atoms with E-state index in [2.05, 4.69) is 27.9 Å². The van der Waals surface area contributed by atoms with E-state index in [9.17, 15) is 9.59 Å². The van der Waals surface area contributed by atoms with Crippen LogP contribution in [0.15, 0.2) is 0 Å². The highest BCUT2D eigenvalue weighted by molar-refractivity contribution is 14.1. The molecule has 0 fully saturated rings. The van der Waals surface area contributed by atoms with Gasteiger partial charge in [-0.1, -0.05) is 22.6 Å². The Hall–Kier alpha value is -0.370. The number of aliphatic carboxylic acids is 1. The zero-order valence-electron chi connectivity index (χ0n) is 8.05. The van der Waals surface area contributed by atoms with E-state index >= 15 is 0 Å². The topological polar surface area (TPSA) is 92.4 Å². The van der Waals surface area contributed by atoms with E-state index < -0.39 is 17.5 Å². The first kappa shape index (κ1) is 13.6. The minimum Gasteiger partial charge on any atom is -0.478 e. The number of carboxylic acid groups (broad SMARTS) is 1. The summed E-state index contributed by atoms with van der Waals surface area (Å²) in [6.45, 7) is 1.25. The maximum Gasteiger partial charge on any atom is 0.344 e. The van der Waals surface area contributed by atoms with Gasteiger partial charge in [0.25, 0.3) is 0 Å². The maximum absolute atomic E-state index is 10.8. The molecular formula is C8H15IN2O3. The molecule has 0 aliphatic heterocycles. The largest absolute Gasteiger partial charge is 0.478 e. The summed E-state index contributed by atoms with van der Waals surface area (Å²) < 4.78 is 0.952. The molecule has 0 saturated heterocycles. The number of amides is 1. The maximum atomic E-state index is 10.8. The van der Waals surface area contributed by atoms with Crippen LogP contribution in [0.1, 0.15) is 26.2 Å². The predicted octanol–water partition coefficient (Wildman–Crippen LogP) is 0.467. The molecule has 0 aromatic heterocycles. The van der Waals surface area contributed by atoms with Crippen molar-refractivity contribution >= 4 is 34.5 Å².